The topological polar surface area (TPSA) is 9.72 Å². The number of hydrogen-bond acceptors (Lipinski definition) is 3. The Morgan fingerprint density at radius 1 is 0.774 bits per heavy atom. The monoisotopic (exact) mass is 433 g/mol. The van der Waals surface area contributed by atoms with Crippen molar-refractivity contribution < 1.29 is 0 Å². The maximum Gasteiger partial charge on any atom is 0.0121 e. The van der Waals surface area contributed by atoms with E-state index in [4.69, 9.17) is 0 Å². The normalized spacial score (nSPS) is 24.7. The summed E-state index contributed by atoms with van der Waals surface area (Å²) in [6, 6.07) is 1.64. The Hall–Kier alpha value is -0.120. The van der Waals surface area contributed by atoms with E-state index in [1.165, 1.54) is 129 Å². The molecule has 0 amide bonds. The molecule has 2 aliphatic heterocycles. The highest BCUT2D eigenvalue weighted by molar-refractivity contribution is 4.98. The highest BCUT2D eigenvalue weighted by Gasteiger charge is 2.45. The van der Waals surface area contributed by atoms with Gasteiger partial charge in [0.25, 0.3) is 0 Å². The van der Waals surface area contributed by atoms with E-state index < -0.39 is 0 Å². The van der Waals surface area contributed by atoms with E-state index in [0.29, 0.717) is 5.41 Å². The summed E-state index contributed by atoms with van der Waals surface area (Å²) >= 11 is 0. The lowest BCUT2D eigenvalue weighted by Crippen LogP contribution is -2.55. The second-order valence-corrected chi connectivity index (χ2v) is 11.6. The van der Waals surface area contributed by atoms with Crippen molar-refractivity contribution in [1.29, 1.82) is 0 Å². The molecule has 0 spiro atoms. The third-order valence-electron chi connectivity index (χ3n) is 8.92. The number of unbranched alkanes of at least 4 members (excludes halogenated alkanes) is 2. The molecule has 1 aliphatic carbocycles. The van der Waals surface area contributed by atoms with E-state index >= 15 is 0 Å². The fourth-order valence-electron chi connectivity index (χ4n) is 6.61. The van der Waals surface area contributed by atoms with Crippen LogP contribution in [-0.2, 0) is 0 Å². The lowest BCUT2D eigenvalue weighted by Gasteiger charge is -2.44. The van der Waals surface area contributed by atoms with Crippen molar-refractivity contribution in [1.82, 2.24) is 14.7 Å². The fraction of sp³-hybridized carbons (Fsp3) is 1.00. The number of piperazine rings is 1. The zero-order chi connectivity index (χ0) is 22.1. The van der Waals surface area contributed by atoms with Gasteiger partial charge in [-0.1, -0.05) is 65.7 Å². The van der Waals surface area contributed by atoms with Gasteiger partial charge in [0.15, 0.2) is 0 Å². The van der Waals surface area contributed by atoms with Crippen LogP contribution in [0.25, 0.3) is 0 Å². The second kappa shape index (κ2) is 12.9. The molecule has 182 valence electrons. The van der Waals surface area contributed by atoms with Gasteiger partial charge >= 0.3 is 0 Å². The highest BCUT2D eigenvalue weighted by atomic mass is 15.3. The molecule has 0 radical (unpaired) electrons. The fourth-order valence-corrected chi connectivity index (χ4v) is 6.61. The van der Waals surface area contributed by atoms with Crippen LogP contribution in [0.5, 0.6) is 0 Å². The van der Waals surface area contributed by atoms with Crippen molar-refractivity contribution >= 4 is 0 Å². The molecule has 3 heteroatoms. The molecule has 2 saturated heterocycles. The summed E-state index contributed by atoms with van der Waals surface area (Å²) in [5, 5.41) is 0. The van der Waals surface area contributed by atoms with E-state index in [1.54, 1.807) is 0 Å². The Morgan fingerprint density at radius 3 is 1.90 bits per heavy atom. The molecule has 1 atom stereocenters. The van der Waals surface area contributed by atoms with Gasteiger partial charge in [-0.25, -0.2) is 0 Å². The number of likely N-dealkylation sites (tertiary alicyclic amines) is 1. The molecule has 1 unspecified atom stereocenters. The number of rotatable bonds is 14. The van der Waals surface area contributed by atoms with Crippen LogP contribution in [0, 0.1) is 11.3 Å². The molecule has 0 aromatic rings. The van der Waals surface area contributed by atoms with E-state index in [-0.39, 0.29) is 0 Å². The van der Waals surface area contributed by atoms with Gasteiger partial charge in [-0.2, -0.15) is 0 Å². The molecule has 3 nitrogen and oxygen atoms in total. The van der Waals surface area contributed by atoms with Gasteiger partial charge in [0.05, 0.1) is 0 Å². The average Bonchev–Trinajstić information content (AvgIpc) is 3.55. The smallest absolute Gasteiger partial charge is 0.0121 e. The van der Waals surface area contributed by atoms with Gasteiger partial charge in [0.1, 0.15) is 0 Å². The minimum atomic E-state index is 0.708. The Morgan fingerprint density at radius 2 is 1.39 bits per heavy atom. The summed E-state index contributed by atoms with van der Waals surface area (Å²) in [7, 11) is 0. The summed E-state index contributed by atoms with van der Waals surface area (Å²) in [5.74, 6) is 1.01. The number of piperidine rings is 1. The van der Waals surface area contributed by atoms with Gasteiger partial charge in [-0.15, -0.1) is 0 Å². The van der Waals surface area contributed by atoms with E-state index in [1.807, 2.05) is 0 Å². The molecule has 3 aliphatic rings. The number of nitrogens with zero attached hydrogens (tertiary/aromatic N) is 3. The largest absolute Gasteiger partial charge is 0.303 e. The van der Waals surface area contributed by atoms with Gasteiger partial charge in [0.2, 0.25) is 0 Å². The van der Waals surface area contributed by atoms with Crippen molar-refractivity contribution in [3.05, 3.63) is 0 Å². The van der Waals surface area contributed by atoms with Crippen LogP contribution in [0.3, 0.4) is 0 Å². The van der Waals surface area contributed by atoms with Gasteiger partial charge in [-0.05, 0) is 69.9 Å². The zero-order valence-corrected chi connectivity index (χ0v) is 21.7. The van der Waals surface area contributed by atoms with Crippen LogP contribution < -0.4 is 0 Å². The van der Waals surface area contributed by atoms with Crippen LogP contribution in [0.2, 0.25) is 0 Å². The second-order valence-electron chi connectivity index (χ2n) is 11.6. The molecule has 3 fully saturated rings. The van der Waals surface area contributed by atoms with Gasteiger partial charge in [0, 0.05) is 44.8 Å². The van der Waals surface area contributed by atoms with Crippen LogP contribution in [0.4, 0.5) is 0 Å². The molecule has 0 N–H and O–H groups in total. The van der Waals surface area contributed by atoms with Crippen LogP contribution in [0.15, 0.2) is 0 Å². The third kappa shape index (κ3) is 8.00. The molecule has 3 rings (SSSR count). The lowest BCUT2D eigenvalue weighted by atomic mass is 9.84. The van der Waals surface area contributed by atoms with Crippen LogP contribution in [-0.4, -0.2) is 72.6 Å². The lowest BCUT2D eigenvalue weighted by molar-refractivity contribution is 0.0392. The molecule has 0 aromatic heterocycles. The Bertz CT molecular complexity index is 465. The van der Waals surface area contributed by atoms with E-state index in [9.17, 15) is 0 Å². The third-order valence-corrected chi connectivity index (χ3v) is 8.92. The van der Waals surface area contributed by atoms with E-state index in [0.717, 1.165) is 18.0 Å². The first-order chi connectivity index (χ1) is 15.1. The molecule has 1 saturated carbocycles. The minimum Gasteiger partial charge on any atom is -0.303 e. The van der Waals surface area contributed by atoms with Crippen molar-refractivity contribution in [2.45, 2.75) is 123 Å². The zero-order valence-electron chi connectivity index (χ0n) is 21.7. The van der Waals surface area contributed by atoms with E-state index in [2.05, 4.69) is 42.4 Å². The minimum absolute atomic E-state index is 0.708. The quantitative estimate of drug-likeness (QED) is 0.313. The highest BCUT2D eigenvalue weighted by Crippen LogP contribution is 2.52. The van der Waals surface area contributed by atoms with Crippen molar-refractivity contribution in [3.63, 3.8) is 0 Å². The Kier molecular flexibility index (Phi) is 10.6. The first-order valence-electron chi connectivity index (χ1n) is 14.3. The first kappa shape index (κ1) is 25.5. The van der Waals surface area contributed by atoms with Crippen LogP contribution in [0.1, 0.15) is 111 Å². The summed E-state index contributed by atoms with van der Waals surface area (Å²) < 4.78 is 0. The molecule has 31 heavy (non-hydrogen) atoms. The van der Waals surface area contributed by atoms with Crippen LogP contribution >= 0.6 is 0 Å². The van der Waals surface area contributed by atoms with Crippen molar-refractivity contribution in [3.8, 4) is 0 Å². The summed E-state index contributed by atoms with van der Waals surface area (Å²) in [5.41, 5.74) is 0.708. The summed E-state index contributed by atoms with van der Waals surface area (Å²) in [6.45, 7) is 18.8. The molecular weight excluding hydrogens is 378 g/mol. The first-order valence-corrected chi connectivity index (χ1v) is 14.3. The Balaban J connectivity index is 1.38. The number of hydrogen-bond donors (Lipinski definition) is 0. The predicted octanol–water partition coefficient (Wildman–Crippen LogP) is 6.42. The van der Waals surface area contributed by atoms with Gasteiger partial charge in [-0.3, -0.25) is 9.80 Å². The maximum atomic E-state index is 2.86. The summed E-state index contributed by atoms with van der Waals surface area (Å²) in [4.78, 5) is 8.43. The Labute approximate surface area is 195 Å². The molecular formula is C28H55N3. The average molecular weight is 434 g/mol. The van der Waals surface area contributed by atoms with Crippen molar-refractivity contribution in [2.24, 2.45) is 11.3 Å². The van der Waals surface area contributed by atoms with Gasteiger partial charge < -0.3 is 4.90 Å². The standard InChI is InChI=1S/C28H55N3/c1-5-8-11-26(12-9-6-2)23-28(15-16-28)24-29-17-13-27(14-18-29)31-21-19-30(20-22-31)25(4)10-7-3/h25-27H,5-24H2,1-4H3. The summed E-state index contributed by atoms with van der Waals surface area (Å²) in [6.07, 6.45) is 18.7. The predicted molar refractivity (Wildman–Crippen MR) is 136 cm³/mol. The maximum absolute atomic E-state index is 2.86. The molecule has 2 heterocycles. The SMILES string of the molecule is CCCCC(CCCC)CC1(CN2CCC(N3CCN(C(C)CCC)CC3)CC2)CC1. The molecule has 0 bridgehead atoms. The molecule has 0 aromatic carbocycles. The van der Waals surface area contributed by atoms with Crippen molar-refractivity contribution in [2.75, 3.05) is 45.8 Å².